The minimum absolute atomic E-state index is 0.0900. The van der Waals surface area contributed by atoms with E-state index >= 15 is 0 Å². The minimum atomic E-state index is -0.139. The smallest absolute Gasteiger partial charge is 0.241 e. The quantitative estimate of drug-likeness (QED) is 0.288. The van der Waals surface area contributed by atoms with Crippen LogP contribution < -0.4 is 5.32 Å². The van der Waals surface area contributed by atoms with Gasteiger partial charge in [0.1, 0.15) is 0 Å². The average Bonchev–Trinajstić information content (AvgIpc) is 3.60. The van der Waals surface area contributed by atoms with Gasteiger partial charge in [-0.2, -0.15) is 0 Å². The predicted octanol–water partition coefficient (Wildman–Crippen LogP) is 4.82. The lowest BCUT2D eigenvalue weighted by Gasteiger charge is -2.14. The number of nitrogens with one attached hydrogen (secondary N) is 1. The van der Waals surface area contributed by atoms with Crippen LogP contribution in [0.4, 0.5) is 5.69 Å². The summed E-state index contributed by atoms with van der Waals surface area (Å²) in [7, 11) is 1.73. The van der Waals surface area contributed by atoms with Crippen molar-refractivity contribution in [3.8, 4) is 0 Å². The van der Waals surface area contributed by atoms with Crippen LogP contribution in [0.15, 0.2) is 52.0 Å². The molecule has 0 saturated carbocycles. The molecule has 2 aromatic carbocycles. The second-order valence-corrected chi connectivity index (χ2v) is 11.9. The standard InChI is InChI=1S/C25H23N7O2S3/c1-31-24(28-29-30-31)35-13-22(33)26-15-10-11-18-21(12-15)37-25(27-18)36-14-23(34)32-19-8-4-2-6-16(19)17-7-3-5-9-20(17)32/h2,4,6,8,10-12H,3,5,7,9,13-14H2,1H3,(H,26,33). The summed E-state index contributed by atoms with van der Waals surface area (Å²) in [6, 6.07) is 13.9. The van der Waals surface area contributed by atoms with Crippen molar-refractivity contribution in [3.05, 3.63) is 53.7 Å². The molecule has 37 heavy (non-hydrogen) atoms. The van der Waals surface area contributed by atoms with E-state index in [1.165, 1.54) is 62.6 Å². The van der Waals surface area contributed by atoms with Crippen LogP contribution in [-0.2, 0) is 24.7 Å². The van der Waals surface area contributed by atoms with Crippen LogP contribution >= 0.6 is 34.9 Å². The first-order valence-corrected chi connectivity index (χ1v) is 14.7. The summed E-state index contributed by atoms with van der Waals surface area (Å²) < 4.78 is 5.26. The minimum Gasteiger partial charge on any atom is -0.325 e. The van der Waals surface area contributed by atoms with Crippen molar-refractivity contribution < 1.29 is 9.59 Å². The number of hydrogen-bond donors (Lipinski definition) is 1. The van der Waals surface area contributed by atoms with Crippen molar-refractivity contribution in [2.24, 2.45) is 7.05 Å². The third kappa shape index (κ3) is 4.88. The monoisotopic (exact) mass is 549 g/mol. The largest absolute Gasteiger partial charge is 0.325 e. The SMILES string of the molecule is Cn1nnnc1SCC(=O)Nc1ccc2nc(SCC(=O)n3c4c(c5ccccc53)CCCC4)sc2c1. The zero-order chi connectivity index (χ0) is 25.4. The maximum Gasteiger partial charge on any atom is 0.241 e. The van der Waals surface area contributed by atoms with Crippen LogP contribution in [0.1, 0.15) is 28.9 Å². The molecule has 3 heterocycles. The molecule has 0 saturated heterocycles. The number of carbonyl (C=O) groups is 2. The maximum absolute atomic E-state index is 13.4. The molecule has 3 aromatic heterocycles. The van der Waals surface area contributed by atoms with Gasteiger partial charge in [-0.3, -0.25) is 14.2 Å². The van der Waals surface area contributed by atoms with Crippen molar-refractivity contribution >= 4 is 73.5 Å². The Bertz CT molecular complexity index is 1640. The van der Waals surface area contributed by atoms with Crippen LogP contribution in [0.5, 0.6) is 0 Å². The van der Waals surface area contributed by atoms with Gasteiger partial charge in [-0.05, 0) is 65.9 Å². The summed E-state index contributed by atoms with van der Waals surface area (Å²) in [6.07, 6.45) is 4.28. The molecule has 0 radical (unpaired) electrons. The zero-order valence-electron chi connectivity index (χ0n) is 20.0. The number of carbonyl (C=O) groups excluding carboxylic acids is 2. The number of tetrazole rings is 1. The van der Waals surface area contributed by atoms with Gasteiger partial charge in [-0.1, -0.05) is 41.7 Å². The molecule has 0 unspecified atom stereocenters. The van der Waals surface area contributed by atoms with Gasteiger partial charge in [0.05, 0.1) is 27.2 Å². The van der Waals surface area contributed by atoms with Gasteiger partial charge in [-0.25, -0.2) is 9.67 Å². The Morgan fingerprint density at radius 2 is 1.95 bits per heavy atom. The van der Waals surface area contributed by atoms with E-state index in [0.717, 1.165) is 39.3 Å². The van der Waals surface area contributed by atoms with E-state index in [0.29, 0.717) is 16.6 Å². The number of rotatable bonds is 7. The molecule has 1 amide bonds. The molecular weight excluding hydrogens is 527 g/mol. The number of nitrogens with zero attached hydrogens (tertiary/aromatic N) is 6. The number of fused-ring (bicyclic) bond motifs is 4. The number of aromatic nitrogens is 6. The highest BCUT2D eigenvalue weighted by molar-refractivity contribution is 8.01. The Balaban J connectivity index is 1.13. The molecule has 0 atom stereocenters. The molecule has 0 aliphatic heterocycles. The molecule has 188 valence electrons. The number of benzene rings is 2. The summed E-state index contributed by atoms with van der Waals surface area (Å²) in [5.41, 5.74) is 5.08. The Hall–Kier alpha value is -3.22. The van der Waals surface area contributed by atoms with Crippen molar-refractivity contribution in [1.29, 1.82) is 0 Å². The molecule has 0 spiro atoms. The van der Waals surface area contributed by atoms with E-state index in [4.69, 9.17) is 4.98 Å². The fourth-order valence-electron chi connectivity index (χ4n) is 4.68. The number of thiazole rings is 1. The Kier molecular flexibility index (Phi) is 6.70. The topological polar surface area (TPSA) is 108 Å². The third-order valence-electron chi connectivity index (χ3n) is 6.31. The van der Waals surface area contributed by atoms with Gasteiger partial charge in [0.2, 0.25) is 17.0 Å². The summed E-state index contributed by atoms with van der Waals surface area (Å²) in [6.45, 7) is 0. The number of anilines is 1. The Labute approximate surface area is 225 Å². The van der Waals surface area contributed by atoms with E-state index < -0.39 is 0 Å². The van der Waals surface area contributed by atoms with Crippen LogP contribution in [0, 0.1) is 0 Å². The second-order valence-electron chi connectivity index (χ2n) is 8.75. The normalized spacial score (nSPS) is 13.2. The molecule has 1 N–H and O–H groups in total. The average molecular weight is 550 g/mol. The van der Waals surface area contributed by atoms with Gasteiger partial charge in [-0.15, -0.1) is 16.4 Å². The maximum atomic E-state index is 13.4. The van der Waals surface area contributed by atoms with Crippen LogP contribution in [0.3, 0.4) is 0 Å². The lowest BCUT2D eigenvalue weighted by atomic mass is 9.96. The van der Waals surface area contributed by atoms with Crippen molar-refractivity contribution in [3.63, 3.8) is 0 Å². The van der Waals surface area contributed by atoms with Gasteiger partial charge < -0.3 is 5.32 Å². The lowest BCUT2D eigenvalue weighted by molar-refractivity contribution is -0.113. The molecule has 1 aliphatic carbocycles. The second kappa shape index (κ2) is 10.3. The van der Waals surface area contributed by atoms with Crippen molar-refractivity contribution in [2.75, 3.05) is 16.8 Å². The molecular formula is C25H23N7O2S3. The molecule has 9 nitrogen and oxygen atoms in total. The first-order valence-electron chi connectivity index (χ1n) is 11.9. The lowest BCUT2D eigenvalue weighted by Crippen LogP contribution is -2.18. The van der Waals surface area contributed by atoms with Gasteiger partial charge in [0, 0.05) is 23.8 Å². The predicted molar refractivity (Wildman–Crippen MR) is 148 cm³/mol. The van der Waals surface area contributed by atoms with Gasteiger partial charge in [0.15, 0.2) is 4.34 Å². The molecule has 1 aliphatic rings. The first kappa shape index (κ1) is 24.1. The Morgan fingerprint density at radius 3 is 2.81 bits per heavy atom. The van der Waals surface area contributed by atoms with E-state index in [1.807, 2.05) is 41.0 Å². The number of para-hydroxylation sites is 1. The number of aryl methyl sites for hydroxylation is 2. The van der Waals surface area contributed by atoms with Crippen LogP contribution in [-0.4, -0.2) is 53.1 Å². The number of hydrogen-bond acceptors (Lipinski definition) is 9. The molecule has 6 rings (SSSR count). The number of thioether (sulfide) groups is 2. The third-order valence-corrected chi connectivity index (χ3v) is 9.47. The summed E-state index contributed by atoms with van der Waals surface area (Å²) in [4.78, 5) is 30.5. The van der Waals surface area contributed by atoms with E-state index in [-0.39, 0.29) is 17.6 Å². The fraction of sp³-hybridized carbons (Fsp3) is 0.280. The Morgan fingerprint density at radius 1 is 1.08 bits per heavy atom. The summed E-state index contributed by atoms with van der Waals surface area (Å²) in [5.74, 6) is 0.477. The van der Waals surface area contributed by atoms with Crippen molar-refractivity contribution in [1.82, 2.24) is 29.8 Å². The molecule has 5 aromatic rings. The number of amides is 1. The molecule has 0 bridgehead atoms. The van der Waals surface area contributed by atoms with Crippen molar-refractivity contribution in [2.45, 2.75) is 35.2 Å². The zero-order valence-corrected chi connectivity index (χ0v) is 22.5. The first-order chi connectivity index (χ1) is 18.1. The van der Waals surface area contributed by atoms with Crippen LogP contribution in [0.25, 0.3) is 21.1 Å². The highest BCUT2D eigenvalue weighted by atomic mass is 32.2. The van der Waals surface area contributed by atoms with Crippen LogP contribution in [0.2, 0.25) is 0 Å². The van der Waals surface area contributed by atoms with E-state index in [1.54, 1.807) is 7.05 Å². The van der Waals surface area contributed by atoms with E-state index in [9.17, 15) is 9.59 Å². The van der Waals surface area contributed by atoms with Gasteiger partial charge >= 0.3 is 0 Å². The van der Waals surface area contributed by atoms with Gasteiger partial charge in [0.25, 0.3) is 0 Å². The summed E-state index contributed by atoms with van der Waals surface area (Å²) in [5, 5.41) is 15.9. The van der Waals surface area contributed by atoms with E-state index in [2.05, 4.69) is 26.9 Å². The fourth-order valence-corrected chi connectivity index (χ4v) is 7.29. The molecule has 0 fully saturated rings. The highest BCUT2D eigenvalue weighted by Gasteiger charge is 2.23. The summed E-state index contributed by atoms with van der Waals surface area (Å²) >= 11 is 4.27. The molecule has 12 heteroatoms. The highest BCUT2D eigenvalue weighted by Crippen LogP contribution is 2.34.